The van der Waals surface area contributed by atoms with Crippen LogP contribution in [0.15, 0.2) is 35.7 Å². The summed E-state index contributed by atoms with van der Waals surface area (Å²) in [6, 6.07) is 5.35. The molecule has 28 heavy (non-hydrogen) atoms. The molecule has 2 unspecified atom stereocenters. The first kappa shape index (κ1) is 19.5. The SMILES string of the molecule is C=CC(=O)NC1CC2CN(S(=O)(=O)c3ccc4c(c3)CCC(C)(C)O4)CC2C1. The number of ether oxygens (including phenoxy) is 1. The van der Waals surface area contributed by atoms with Crippen LogP contribution in [0.1, 0.15) is 38.7 Å². The highest BCUT2D eigenvalue weighted by Gasteiger charge is 2.45. The Hall–Kier alpha value is -1.86. The number of benzene rings is 1. The van der Waals surface area contributed by atoms with Crippen LogP contribution in [0.25, 0.3) is 0 Å². The predicted molar refractivity (Wildman–Crippen MR) is 107 cm³/mol. The zero-order chi connectivity index (χ0) is 20.1. The van der Waals surface area contributed by atoms with E-state index in [1.54, 1.807) is 22.5 Å². The van der Waals surface area contributed by atoms with E-state index in [1.165, 1.54) is 6.08 Å². The van der Waals surface area contributed by atoms with Crippen molar-refractivity contribution >= 4 is 15.9 Å². The zero-order valence-corrected chi connectivity index (χ0v) is 17.3. The molecule has 0 spiro atoms. The summed E-state index contributed by atoms with van der Waals surface area (Å²) in [4.78, 5) is 11.9. The van der Waals surface area contributed by atoms with Gasteiger partial charge in [-0.2, -0.15) is 4.31 Å². The minimum Gasteiger partial charge on any atom is -0.488 e. The largest absolute Gasteiger partial charge is 0.488 e. The summed E-state index contributed by atoms with van der Waals surface area (Å²) in [7, 11) is -3.51. The lowest BCUT2D eigenvalue weighted by molar-refractivity contribution is -0.117. The molecule has 7 heteroatoms. The standard InChI is InChI=1S/C21H28N2O4S/c1-4-20(24)22-17-9-15-12-23(13-16(15)10-17)28(25,26)18-5-6-19-14(11-18)7-8-21(2,3)27-19/h4-6,11,15-17H,1,7-10,12-13H2,2-3H3,(H,22,24). The van der Waals surface area contributed by atoms with Crippen molar-refractivity contribution in [2.24, 2.45) is 11.8 Å². The fraction of sp³-hybridized carbons (Fsp3) is 0.571. The summed E-state index contributed by atoms with van der Waals surface area (Å²) < 4.78 is 34.0. The quantitative estimate of drug-likeness (QED) is 0.783. The van der Waals surface area contributed by atoms with Crippen LogP contribution in [0.4, 0.5) is 0 Å². The average Bonchev–Trinajstić information content (AvgIpc) is 3.19. The van der Waals surface area contributed by atoms with Crippen LogP contribution in [0, 0.1) is 11.8 Å². The molecule has 1 aromatic carbocycles. The fourth-order valence-electron chi connectivity index (χ4n) is 4.78. The minimum atomic E-state index is -3.51. The molecule has 2 atom stereocenters. The van der Waals surface area contributed by atoms with Crippen LogP contribution >= 0.6 is 0 Å². The number of hydrogen-bond acceptors (Lipinski definition) is 4. The summed E-state index contributed by atoms with van der Waals surface area (Å²) >= 11 is 0. The molecule has 2 fully saturated rings. The smallest absolute Gasteiger partial charge is 0.243 e. The van der Waals surface area contributed by atoms with Crippen LogP contribution in [0.3, 0.4) is 0 Å². The molecule has 0 bridgehead atoms. The van der Waals surface area contributed by atoms with Crippen molar-refractivity contribution < 1.29 is 17.9 Å². The topological polar surface area (TPSA) is 75.7 Å². The van der Waals surface area contributed by atoms with Crippen molar-refractivity contribution in [2.45, 2.75) is 56.1 Å². The van der Waals surface area contributed by atoms with Gasteiger partial charge in [0.2, 0.25) is 15.9 Å². The van der Waals surface area contributed by atoms with Crippen molar-refractivity contribution in [3.05, 3.63) is 36.4 Å². The summed E-state index contributed by atoms with van der Waals surface area (Å²) in [5, 5.41) is 2.94. The number of amides is 1. The van der Waals surface area contributed by atoms with Crippen molar-refractivity contribution in [1.29, 1.82) is 0 Å². The molecule has 1 aromatic rings. The Kier molecular flexibility index (Phi) is 4.78. The van der Waals surface area contributed by atoms with E-state index >= 15 is 0 Å². The first-order chi connectivity index (χ1) is 13.2. The third-order valence-corrected chi connectivity index (χ3v) is 8.13. The van der Waals surface area contributed by atoms with Gasteiger partial charge in [-0.1, -0.05) is 6.58 Å². The van der Waals surface area contributed by atoms with Crippen molar-refractivity contribution in [1.82, 2.24) is 9.62 Å². The number of rotatable bonds is 4. The third kappa shape index (κ3) is 3.57. The van der Waals surface area contributed by atoms with E-state index in [2.05, 4.69) is 11.9 Å². The molecule has 1 saturated heterocycles. The van der Waals surface area contributed by atoms with Gasteiger partial charge in [0.15, 0.2) is 0 Å². The molecule has 1 saturated carbocycles. The van der Waals surface area contributed by atoms with E-state index in [9.17, 15) is 13.2 Å². The first-order valence-electron chi connectivity index (χ1n) is 9.93. The zero-order valence-electron chi connectivity index (χ0n) is 16.5. The molecule has 1 aliphatic carbocycles. The molecule has 1 amide bonds. The number of carbonyl (C=O) groups excluding carboxylic acids is 1. The van der Waals surface area contributed by atoms with Crippen molar-refractivity contribution in [3.63, 3.8) is 0 Å². The first-order valence-corrected chi connectivity index (χ1v) is 11.4. The van der Waals surface area contributed by atoms with E-state index in [0.29, 0.717) is 29.8 Å². The van der Waals surface area contributed by atoms with E-state index in [0.717, 1.165) is 37.0 Å². The summed E-state index contributed by atoms with van der Waals surface area (Å²) in [6.07, 6.45) is 4.62. The normalized spacial score (nSPS) is 28.9. The second kappa shape index (κ2) is 6.88. The Morgan fingerprint density at radius 1 is 1.29 bits per heavy atom. The monoisotopic (exact) mass is 404 g/mol. The summed E-state index contributed by atoms with van der Waals surface area (Å²) in [5.74, 6) is 1.22. The van der Waals surface area contributed by atoms with Gasteiger partial charge >= 0.3 is 0 Å². The Labute approximate surface area is 167 Å². The molecule has 2 aliphatic heterocycles. The second-order valence-corrected chi connectivity index (χ2v) is 10.8. The fourth-order valence-corrected chi connectivity index (χ4v) is 6.38. The Morgan fingerprint density at radius 2 is 1.96 bits per heavy atom. The lowest BCUT2D eigenvalue weighted by Crippen LogP contribution is -2.35. The molecular weight excluding hydrogens is 376 g/mol. The van der Waals surface area contributed by atoms with Crippen LogP contribution < -0.4 is 10.1 Å². The number of fused-ring (bicyclic) bond motifs is 2. The van der Waals surface area contributed by atoms with Crippen LogP contribution in [-0.4, -0.2) is 43.4 Å². The van der Waals surface area contributed by atoms with E-state index < -0.39 is 10.0 Å². The molecule has 2 heterocycles. The Bertz CT molecular complexity index is 895. The molecular formula is C21H28N2O4S. The Morgan fingerprint density at radius 3 is 2.61 bits per heavy atom. The number of nitrogens with one attached hydrogen (secondary N) is 1. The highest BCUT2D eigenvalue weighted by molar-refractivity contribution is 7.89. The van der Waals surface area contributed by atoms with Gasteiger partial charge in [0, 0.05) is 19.1 Å². The minimum absolute atomic E-state index is 0.120. The maximum Gasteiger partial charge on any atom is 0.243 e. The van der Waals surface area contributed by atoms with Crippen LogP contribution in [0.5, 0.6) is 5.75 Å². The van der Waals surface area contributed by atoms with E-state index in [1.807, 2.05) is 13.8 Å². The molecule has 6 nitrogen and oxygen atoms in total. The Balaban J connectivity index is 1.46. The van der Waals surface area contributed by atoms with E-state index in [4.69, 9.17) is 4.74 Å². The summed E-state index contributed by atoms with van der Waals surface area (Å²) in [5.41, 5.74) is 0.754. The number of carbonyl (C=O) groups is 1. The molecule has 1 N–H and O–H groups in total. The molecule has 4 rings (SSSR count). The maximum atomic E-state index is 13.2. The number of aryl methyl sites for hydroxylation is 1. The average molecular weight is 405 g/mol. The lowest BCUT2D eigenvalue weighted by Gasteiger charge is -2.32. The van der Waals surface area contributed by atoms with Gasteiger partial charge in [-0.25, -0.2) is 8.42 Å². The molecule has 0 aromatic heterocycles. The highest BCUT2D eigenvalue weighted by atomic mass is 32.2. The van der Waals surface area contributed by atoms with Gasteiger partial charge in [0.25, 0.3) is 0 Å². The van der Waals surface area contributed by atoms with Gasteiger partial charge in [-0.15, -0.1) is 0 Å². The maximum absolute atomic E-state index is 13.2. The van der Waals surface area contributed by atoms with Crippen LogP contribution in [-0.2, 0) is 21.2 Å². The molecule has 0 radical (unpaired) electrons. The van der Waals surface area contributed by atoms with Crippen LogP contribution in [0.2, 0.25) is 0 Å². The predicted octanol–water partition coefficient (Wildman–Crippen LogP) is 2.49. The van der Waals surface area contributed by atoms with Gasteiger partial charge < -0.3 is 10.1 Å². The lowest BCUT2D eigenvalue weighted by atomic mass is 9.94. The second-order valence-electron chi connectivity index (χ2n) is 8.85. The molecule has 152 valence electrons. The number of hydrogen-bond donors (Lipinski definition) is 1. The number of sulfonamides is 1. The third-order valence-electron chi connectivity index (χ3n) is 6.30. The molecule has 3 aliphatic rings. The van der Waals surface area contributed by atoms with E-state index in [-0.39, 0.29) is 17.6 Å². The van der Waals surface area contributed by atoms with Crippen molar-refractivity contribution in [3.8, 4) is 5.75 Å². The number of nitrogens with zero attached hydrogens (tertiary/aromatic N) is 1. The van der Waals surface area contributed by atoms with Gasteiger partial charge in [0.05, 0.1) is 4.90 Å². The van der Waals surface area contributed by atoms with Crippen molar-refractivity contribution in [2.75, 3.05) is 13.1 Å². The highest BCUT2D eigenvalue weighted by Crippen LogP contribution is 2.41. The van der Waals surface area contributed by atoms with Gasteiger partial charge in [0.1, 0.15) is 11.4 Å². The van der Waals surface area contributed by atoms with Gasteiger partial charge in [-0.05, 0) is 81.2 Å². The van der Waals surface area contributed by atoms with Gasteiger partial charge in [-0.3, -0.25) is 4.79 Å². The summed E-state index contributed by atoms with van der Waals surface area (Å²) in [6.45, 7) is 8.63.